The van der Waals surface area contributed by atoms with Crippen molar-refractivity contribution in [2.75, 3.05) is 6.61 Å². The molecule has 1 N–H and O–H groups in total. The Morgan fingerprint density at radius 2 is 1.94 bits per heavy atom. The van der Waals surface area contributed by atoms with Crippen molar-refractivity contribution < 1.29 is 9.53 Å². The number of nitrogens with one attached hydrogen (secondary N) is 1. The van der Waals surface area contributed by atoms with E-state index in [9.17, 15) is 4.79 Å². The second-order valence-electron chi connectivity index (χ2n) is 5.92. The van der Waals surface area contributed by atoms with Crippen LogP contribution in [0.2, 0.25) is 0 Å². The van der Waals surface area contributed by atoms with E-state index < -0.39 is 0 Å². The number of carbonyl (C=O) groups excluding carboxylic acids is 1. The van der Waals surface area contributed by atoms with Crippen LogP contribution in [0.3, 0.4) is 0 Å². The fourth-order valence-electron chi connectivity index (χ4n) is 1.49. The van der Waals surface area contributed by atoms with Gasteiger partial charge >= 0.3 is 6.09 Å². The predicted molar refractivity (Wildman–Crippen MR) is 73.6 cm³/mol. The predicted octanol–water partition coefficient (Wildman–Crippen LogP) is 3.58. The molecule has 3 nitrogen and oxygen atoms in total. The Morgan fingerprint density at radius 3 is 2.56 bits per heavy atom. The Labute approximate surface area is 110 Å². The molecule has 0 atom stereocenters. The van der Waals surface area contributed by atoms with Gasteiger partial charge in [0.2, 0.25) is 0 Å². The third-order valence-corrected chi connectivity index (χ3v) is 2.56. The molecule has 1 aromatic carbocycles. The van der Waals surface area contributed by atoms with Crippen LogP contribution in [0.1, 0.15) is 37.5 Å². The molecular weight excluding hydrogens is 226 g/mol. The molecular formula is C15H23NO2. The molecule has 0 unspecified atom stereocenters. The van der Waals surface area contributed by atoms with Crippen LogP contribution in [0.4, 0.5) is 4.79 Å². The summed E-state index contributed by atoms with van der Waals surface area (Å²) in [6.07, 6.45) is -0.356. The molecule has 0 bridgehead atoms. The molecule has 0 radical (unpaired) electrons. The van der Waals surface area contributed by atoms with Gasteiger partial charge in [-0.2, -0.15) is 0 Å². The summed E-state index contributed by atoms with van der Waals surface area (Å²) in [5.74, 6) is 0. The molecule has 18 heavy (non-hydrogen) atoms. The number of ether oxygens (including phenoxy) is 1. The molecule has 1 amide bonds. The Hall–Kier alpha value is -1.51. The highest BCUT2D eigenvalue weighted by molar-refractivity contribution is 5.67. The van der Waals surface area contributed by atoms with Crippen molar-refractivity contribution in [3.8, 4) is 0 Å². The highest BCUT2D eigenvalue weighted by atomic mass is 16.5. The average molecular weight is 249 g/mol. The van der Waals surface area contributed by atoms with E-state index in [0.717, 1.165) is 5.56 Å². The molecule has 0 saturated heterocycles. The van der Waals surface area contributed by atoms with Crippen molar-refractivity contribution in [3.05, 3.63) is 34.9 Å². The van der Waals surface area contributed by atoms with Crippen LogP contribution in [0, 0.1) is 19.3 Å². The average Bonchev–Trinajstić information content (AvgIpc) is 2.26. The molecule has 1 aromatic rings. The zero-order chi connectivity index (χ0) is 13.8. The minimum Gasteiger partial charge on any atom is -0.449 e. The van der Waals surface area contributed by atoms with Crippen molar-refractivity contribution in [3.63, 3.8) is 0 Å². The summed E-state index contributed by atoms with van der Waals surface area (Å²) in [6.45, 7) is 11.1. The molecule has 0 heterocycles. The lowest BCUT2D eigenvalue weighted by molar-refractivity contribution is 0.106. The third kappa shape index (κ3) is 5.21. The number of benzene rings is 1. The SMILES string of the molecule is Cc1ccc(C)c(CNC(=O)OCC(C)(C)C)c1. The number of hydrogen-bond acceptors (Lipinski definition) is 2. The van der Waals surface area contributed by atoms with Crippen LogP contribution < -0.4 is 5.32 Å². The fraction of sp³-hybridized carbons (Fsp3) is 0.533. The normalized spacial score (nSPS) is 11.2. The molecule has 100 valence electrons. The first-order chi connectivity index (χ1) is 8.28. The lowest BCUT2D eigenvalue weighted by atomic mass is 9.99. The largest absolute Gasteiger partial charge is 0.449 e. The first kappa shape index (κ1) is 14.6. The van der Waals surface area contributed by atoms with Gasteiger partial charge in [0.1, 0.15) is 0 Å². The smallest absolute Gasteiger partial charge is 0.407 e. The van der Waals surface area contributed by atoms with Gasteiger partial charge in [-0.25, -0.2) is 4.79 Å². The van der Waals surface area contributed by atoms with Gasteiger partial charge < -0.3 is 10.1 Å². The van der Waals surface area contributed by atoms with E-state index in [2.05, 4.69) is 23.5 Å². The topological polar surface area (TPSA) is 38.3 Å². The van der Waals surface area contributed by atoms with Crippen molar-refractivity contribution in [1.29, 1.82) is 0 Å². The molecule has 0 fully saturated rings. The van der Waals surface area contributed by atoms with Gasteiger partial charge in [-0.05, 0) is 30.4 Å². The highest BCUT2D eigenvalue weighted by Crippen LogP contribution is 2.13. The maximum absolute atomic E-state index is 11.5. The van der Waals surface area contributed by atoms with Crippen LogP contribution in [-0.2, 0) is 11.3 Å². The molecule has 0 spiro atoms. The zero-order valence-corrected chi connectivity index (χ0v) is 12.0. The van der Waals surface area contributed by atoms with Crippen LogP contribution in [0.5, 0.6) is 0 Å². The van der Waals surface area contributed by atoms with Crippen molar-refractivity contribution >= 4 is 6.09 Å². The first-order valence-corrected chi connectivity index (χ1v) is 6.25. The quantitative estimate of drug-likeness (QED) is 0.889. The number of hydrogen-bond donors (Lipinski definition) is 1. The second-order valence-corrected chi connectivity index (χ2v) is 5.92. The van der Waals surface area contributed by atoms with E-state index in [1.54, 1.807) is 0 Å². The Morgan fingerprint density at radius 1 is 1.28 bits per heavy atom. The van der Waals surface area contributed by atoms with Crippen LogP contribution in [0.25, 0.3) is 0 Å². The zero-order valence-electron chi connectivity index (χ0n) is 12.0. The maximum Gasteiger partial charge on any atom is 0.407 e. The molecule has 3 heteroatoms. The van der Waals surface area contributed by atoms with Crippen LogP contribution in [-0.4, -0.2) is 12.7 Å². The summed E-state index contributed by atoms with van der Waals surface area (Å²) < 4.78 is 5.15. The van der Waals surface area contributed by atoms with E-state index in [0.29, 0.717) is 13.2 Å². The summed E-state index contributed by atoms with van der Waals surface area (Å²) >= 11 is 0. The molecule has 0 aromatic heterocycles. The van der Waals surface area contributed by atoms with E-state index in [1.165, 1.54) is 11.1 Å². The third-order valence-electron chi connectivity index (χ3n) is 2.56. The van der Waals surface area contributed by atoms with E-state index in [-0.39, 0.29) is 11.5 Å². The number of alkyl carbamates (subject to hydrolysis) is 1. The lowest BCUT2D eigenvalue weighted by Crippen LogP contribution is -2.28. The van der Waals surface area contributed by atoms with Gasteiger partial charge in [-0.1, -0.05) is 44.5 Å². The molecule has 0 aliphatic carbocycles. The standard InChI is InChI=1S/C15H23NO2/c1-11-6-7-12(2)13(8-11)9-16-14(17)18-10-15(3,4)5/h6-8H,9-10H2,1-5H3,(H,16,17). The summed E-state index contributed by atoms with van der Waals surface area (Å²) in [5, 5.41) is 2.78. The second kappa shape index (κ2) is 5.89. The summed E-state index contributed by atoms with van der Waals surface area (Å²) in [4.78, 5) is 11.5. The Kier molecular flexibility index (Phi) is 4.76. The maximum atomic E-state index is 11.5. The lowest BCUT2D eigenvalue weighted by Gasteiger charge is -2.18. The van der Waals surface area contributed by atoms with Crippen molar-refractivity contribution in [2.45, 2.75) is 41.2 Å². The van der Waals surface area contributed by atoms with Crippen LogP contribution in [0.15, 0.2) is 18.2 Å². The summed E-state index contributed by atoms with van der Waals surface area (Å²) in [7, 11) is 0. The fourth-order valence-corrected chi connectivity index (χ4v) is 1.49. The highest BCUT2D eigenvalue weighted by Gasteiger charge is 2.13. The van der Waals surface area contributed by atoms with Gasteiger partial charge in [-0.3, -0.25) is 0 Å². The van der Waals surface area contributed by atoms with Gasteiger partial charge in [-0.15, -0.1) is 0 Å². The first-order valence-electron chi connectivity index (χ1n) is 6.25. The van der Waals surface area contributed by atoms with Gasteiger partial charge in [0, 0.05) is 6.54 Å². The number of amides is 1. The number of aryl methyl sites for hydroxylation is 2. The number of rotatable bonds is 3. The van der Waals surface area contributed by atoms with Gasteiger partial charge in [0.15, 0.2) is 0 Å². The Balaban J connectivity index is 2.45. The van der Waals surface area contributed by atoms with Crippen molar-refractivity contribution in [1.82, 2.24) is 5.32 Å². The minimum atomic E-state index is -0.356. The number of carbonyl (C=O) groups is 1. The van der Waals surface area contributed by atoms with E-state index in [1.807, 2.05) is 34.6 Å². The molecule has 0 aliphatic heterocycles. The van der Waals surface area contributed by atoms with E-state index in [4.69, 9.17) is 4.74 Å². The minimum absolute atomic E-state index is 0.00338. The monoisotopic (exact) mass is 249 g/mol. The van der Waals surface area contributed by atoms with E-state index >= 15 is 0 Å². The van der Waals surface area contributed by atoms with Gasteiger partial charge in [0.05, 0.1) is 6.61 Å². The summed E-state index contributed by atoms with van der Waals surface area (Å²) in [6, 6.07) is 6.21. The Bertz CT molecular complexity index is 419. The van der Waals surface area contributed by atoms with Crippen LogP contribution >= 0.6 is 0 Å². The van der Waals surface area contributed by atoms with Gasteiger partial charge in [0.25, 0.3) is 0 Å². The van der Waals surface area contributed by atoms with Crippen molar-refractivity contribution in [2.24, 2.45) is 5.41 Å². The molecule has 0 aliphatic rings. The molecule has 0 saturated carbocycles. The summed E-state index contributed by atoms with van der Waals surface area (Å²) in [5.41, 5.74) is 3.50. The molecule has 1 rings (SSSR count).